The van der Waals surface area contributed by atoms with Gasteiger partial charge in [0.2, 0.25) is 10.0 Å². The van der Waals surface area contributed by atoms with E-state index >= 15 is 0 Å². The van der Waals surface area contributed by atoms with Gasteiger partial charge < -0.3 is 4.98 Å². The summed E-state index contributed by atoms with van der Waals surface area (Å²) >= 11 is 0. The highest BCUT2D eigenvalue weighted by atomic mass is 32.2. The van der Waals surface area contributed by atoms with Crippen LogP contribution >= 0.6 is 0 Å². The van der Waals surface area contributed by atoms with Crippen LogP contribution in [-0.4, -0.2) is 39.0 Å². The van der Waals surface area contributed by atoms with Gasteiger partial charge in [-0.25, -0.2) is 18.1 Å². The third-order valence-electron chi connectivity index (χ3n) is 5.38. The van der Waals surface area contributed by atoms with E-state index in [0.717, 1.165) is 36.3 Å². The Bertz CT molecular complexity index is 1230. The molecular formula is C19H20N6O2S. The molecule has 144 valence electrons. The van der Waals surface area contributed by atoms with Crippen molar-refractivity contribution >= 4 is 26.8 Å². The molecular weight excluding hydrogens is 376 g/mol. The minimum Gasteiger partial charge on any atom is -0.345 e. The molecule has 2 atom stereocenters. The first-order valence-electron chi connectivity index (χ1n) is 9.36. The zero-order valence-electron chi connectivity index (χ0n) is 15.1. The van der Waals surface area contributed by atoms with Crippen molar-refractivity contribution in [2.45, 2.75) is 42.5 Å². The van der Waals surface area contributed by atoms with Crippen LogP contribution in [0.3, 0.4) is 0 Å². The molecule has 0 amide bonds. The van der Waals surface area contributed by atoms with E-state index in [9.17, 15) is 8.42 Å². The first-order valence-corrected chi connectivity index (χ1v) is 10.8. The summed E-state index contributed by atoms with van der Waals surface area (Å²) in [4.78, 5) is 7.76. The number of rotatable bonds is 4. The third-order valence-corrected chi connectivity index (χ3v) is 6.92. The number of hydrogen-bond donors (Lipinski definition) is 2. The summed E-state index contributed by atoms with van der Waals surface area (Å²) < 4.78 is 30.3. The van der Waals surface area contributed by atoms with E-state index in [4.69, 9.17) is 0 Å². The van der Waals surface area contributed by atoms with E-state index in [0.29, 0.717) is 17.0 Å². The molecule has 4 aromatic rings. The van der Waals surface area contributed by atoms with E-state index in [1.54, 1.807) is 30.5 Å². The second-order valence-corrected chi connectivity index (χ2v) is 8.93. The summed E-state index contributed by atoms with van der Waals surface area (Å²) in [6.45, 7) is 0. The molecule has 9 heteroatoms. The van der Waals surface area contributed by atoms with Gasteiger partial charge in [-0.2, -0.15) is 0 Å². The van der Waals surface area contributed by atoms with Crippen molar-refractivity contribution in [1.29, 1.82) is 0 Å². The monoisotopic (exact) mass is 396 g/mol. The van der Waals surface area contributed by atoms with Crippen molar-refractivity contribution in [2.75, 3.05) is 0 Å². The maximum atomic E-state index is 12.7. The summed E-state index contributed by atoms with van der Waals surface area (Å²) in [5.74, 6) is 0.998. The summed E-state index contributed by atoms with van der Waals surface area (Å²) in [6.07, 6.45) is 6.95. The van der Waals surface area contributed by atoms with Gasteiger partial charge in [0, 0.05) is 18.2 Å². The summed E-state index contributed by atoms with van der Waals surface area (Å²) in [5.41, 5.74) is 2.42. The molecule has 0 bridgehead atoms. The Morgan fingerprint density at radius 3 is 2.82 bits per heavy atom. The zero-order chi connectivity index (χ0) is 19.1. The molecule has 8 nitrogen and oxygen atoms in total. The number of H-pyrrole nitrogens is 1. The van der Waals surface area contributed by atoms with Crippen molar-refractivity contribution in [3.05, 3.63) is 54.6 Å². The van der Waals surface area contributed by atoms with Gasteiger partial charge in [-0.3, -0.25) is 4.40 Å². The van der Waals surface area contributed by atoms with Crippen LogP contribution in [0.2, 0.25) is 0 Å². The van der Waals surface area contributed by atoms with Gasteiger partial charge in [-0.05, 0) is 37.5 Å². The molecule has 0 spiro atoms. The van der Waals surface area contributed by atoms with Crippen LogP contribution in [0.5, 0.6) is 0 Å². The largest absolute Gasteiger partial charge is 0.345 e. The van der Waals surface area contributed by atoms with Crippen molar-refractivity contribution in [3.8, 4) is 0 Å². The Labute approximate surface area is 162 Å². The van der Waals surface area contributed by atoms with Crippen LogP contribution < -0.4 is 4.72 Å². The molecule has 3 aromatic heterocycles. The quantitative estimate of drug-likeness (QED) is 0.552. The number of aromatic nitrogens is 5. The van der Waals surface area contributed by atoms with Crippen LogP contribution in [0.15, 0.2) is 53.7 Å². The van der Waals surface area contributed by atoms with Gasteiger partial charge in [0.15, 0.2) is 11.3 Å². The van der Waals surface area contributed by atoms with Crippen molar-refractivity contribution in [3.63, 3.8) is 0 Å². The molecule has 1 saturated carbocycles. The predicted octanol–water partition coefficient (Wildman–Crippen LogP) is 2.61. The van der Waals surface area contributed by atoms with E-state index in [1.165, 1.54) is 0 Å². The van der Waals surface area contributed by atoms with E-state index in [-0.39, 0.29) is 12.0 Å². The lowest BCUT2D eigenvalue weighted by Gasteiger charge is -2.28. The standard InChI is InChI=1S/C19H20N6O2S/c26-28(27,15-7-2-1-3-8-15)24-14-6-4-5-13(11-14)19-23-22-17-12-21-18-16(25(17)19)9-10-20-18/h1-3,7-10,12-14,20,24H,4-6,11H2/t13-,14+/m0/s1. The maximum absolute atomic E-state index is 12.7. The Hall–Kier alpha value is -2.78. The SMILES string of the molecule is O=S(=O)(N[C@@H]1CCC[C@H](c2nnc3cnc4[nH]ccc4n23)C1)c1ccccc1. The van der Waals surface area contributed by atoms with Crippen LogP contribution in [0, 0.1) is 0 Å². The van der Waals surface area contributed by atoms with Gasteiger partial charge in [0.1, 0.15) is 5.82 Å². The number of aromatic amines is 1. The number of benzene rings is 1. The summed E-state index contributed by atoms with van der Waals surface area (Å²) in [6, 6.07) is 10.3. The van der Waals surface area contributed by atoms with Crippen molar-refractivity contribution in [1.82, 2.24) is 29.3 Å². The molecule has 1 aliphatic rings. The van der Waals surface area contributed by atoms with Crippen LogP contribution in [0.25, 0.3) is 16.8 Å². The zero-order valence-corrected chi connectivity index (χ0v) is 15.9. The van der Waals surface area contributed by atoms with Gasteiger partial charge in [0.25, 0.3) is 0 Å². The van der Waals surface area contributed by atoms with Gasteiger partial charge >= 0.3 is 0 Å². The molecule has 0 radical (unpaired) electrons. The predicted molar refractivity (Wildman–Crippen MR) is 104 cm³/mol. The Kier molecular flexibility index (Phi) is 4.13. The maximum Gasteiger partial charge on any atom is 0.240 e. The number of nitrogens with zero attached hydrogens (tertiary/aromatic N) is 4. The molecule has 28 heavy (non-hydrogen) atoms. The minimum atomic E-state index is -3.53. The van der Waals surface area contributed by atoms with Crippen LogP contribution in [0.4, 0.5) is 0 Å². The topological polar surface area (TPSA) is 105 Å². The Morgan fingerprint density at radius 2 is 1.96 bits per heavy atom. The van der Waals surface area contributed by atoms with E-state index < -0.39 is 10.0 Å². The first kappa shape index (κ1) is 17.3. The molecule has 2 N–H and O–H groups in total. The summed E-state index contributed by atoms with van der Waals surface area (Å²) in [7, 11) is -3.53. The molecule has 5 rings (SSSR count). The molecule has 3 heterocycles. The summed E-state index contributed by atoms with van der Waals surface area (Å²) in [5, 5.41) is 8.69. The first-order chi connectivity index (χ1) is 13.6. The Balaban J connectivity index is 1.44. The highest BCUT2D eigenvalue weighted by Gasteiger charge is 2.30. The van der Waals surface area contributed by atoms with Gasteiger partial charge in [-0.1, -0.05) is 24.6 Å². The fourth-order valence-corrected chi connectivity index (χ4v) is 5.39. The molecule has 0 aliphatic heterocycles. The number of hydrogen-bond acceptors (Lipinski definition) is 5. The Morgan fingerprint density at radius 1 is 1.11 bits per heavy atom. The van der Waals surface area contributed by atoms with Gasteiger partial charge in [0.05, 0.1) is 16.6 Å². The number of nitrogens with one attached hydrogen (secondary N) is 2. The van der Waals surface area contributed by atoms with Crippen LogP contribution in [0.1, 0.15) is 37.4 Å². The minimum absolute atomic E-state index is 0.125. The lowest BCUT2D eigenvalue weighted by molar-refractivity contribution is 0.361. The number of fused-ring (bicyclic) bond motifs is 3. The lowest BCUT2D eigenvalue weighted by Crippen LogP contribution is -2.38. The smallest absolute Gasteiger partial charge is 0.240 e. The molecule has 1 fully saturated rings. The van der Waals surface area contributed by atoms with Crippen molar-refractivity contribution in [2.24, 2.45) is 0 Å². The molecule has 1 aromatic carbocycles. The second kappa shape index (κ2) is 6.68. The highest BCUT2D eigenvalue weighted by molar-refractivity contribution is 7.89. The third kappa shape index (κ3) is 2.96. The van der Waals surface area contributed by atoms with E-state index in [1.807, 2.05) is 22.7 Å². The van der Waals surface area contributed by atoms with E-state index in [2.05, 4.69) is 24.9 Å². The normalized spacial score (nSPS) is 20.7. The van der Waals surface area contributed by atoms with Crippen molar-refractivity contribution < 1.29 is 8.42 Å². The molecule has 0 unspecified atom stereocenters. The molecule has 1 aliphatic carbocycles. The van der Waals surface area contributed by atoms with Gasteiger partial charge in [-0.15, -0.1) is 10.2 Å². The number of sulfonamides is 1. The lowest BCUT2D eigenvalue weighted by atomic mass is 9.85. The second-order valence-electron chi connectivity index (χ2n) is 7.22. The fourth-order valence-electron chi connectivity index (χ4n) is 4.08. The average Bonchev–Trinajstić information content (AvgIpc) is 3.35. The molecule has 0 saturated heterocycles. The fraction of sp³-hybridized carbons (Fsp3) is 0.316. The highest BCUT2D eigenvalue weighted by Crippen LogP contribution is 2.33. The average molecular weight is 396 g/mol. The van der Waals surface area contributed by atoms with Crippen LogP contribution in [-0.2, 0) is 10.0 Å².